The molecule has 1 amide bonds. The molecule has 0 aliphatic rings. The van der Waals surface area contributed by atoms with Crippen molar-refractivity contribution < 1.29 is 23.5 Å². The SMILES string of the molecule is Cc1oc(CNC(=O)C(C)c2cccc(F)c2)cc1C(=O)O. The molecular weight excluding hydrogens is 289 g/mol. The molecule has 0 bridgehead atoms. The van der Waals surface area contributed by atoms with Crippen molar-refractivity contribution in [3.8, 4) is 0 Å². The summed E-state index contributed by atoms with van der Waals surface area (Å²) in [6.45, 7) is 3.29. The summed E-state index contributed by atoms with van der Waals surface area (Å²) in [5.74, 6) is -1.65. The third-order valence-electron chi connectivity index (χ3n) is 3.38. The molecular formula is C16H16FNO4. The number of benzene rings is 1. The second-order valence-corrected chi connectivity index (χ2v) is 4.98. The van der Waals surface area contributed by atoms with Crippen LogP contribution in [0.15, 0.2) is 34.7 Å². The van der Waals surface area contributed by atoms with E-state index in [1.165, 1.54) is 18.2 Å². The highest BCUT2D eigenvalue weighted by Crippen LogP contribution is 2.18. The Balaban J connectivity index is 2.00. The van der Waals surface area contributed by atoms with Crippen LogP contribution in [0.2, 0.25) is 0 Å². The van der Waals surface area contributed by atoms with Crippen molar-refractivity contribution in [1.82, 2.24) is 5.32 Å². The Hall–Kier alpha value is -2.63. The van der Waals surface area contributed by atoms with E-state index in [-0.39, 0.29) is 23.8 Å². The van der Waals surface area contributed by atoms with Gasteiger partial charge < -0.3 is 14.8 Å². The number of carboxylic acid groups (broad SMARTS) is 1. The van der Waals surface area contributed by atoms with Crippen LogP contribution in [-0.2, 0) is 11.3 Å². The van der Waals surface area contributed by atoms with Crippen molar-refractivity contribution in [2.75, 3.05) is 0 Å². The molecule has 22 heavy (non-hydrogen) atoms. The van der Waals surface area contributed by atoms with E-state index in [2.05, 4.69) is 5.32 Å². The first kappa shape index (κ1) is 15.8. The molecule has 2 aromatic rings. The lowest BCUT2D eigenvalue weighted by atomic mass is 10.0. The maximum Gasteiger partial charge on any atom is 0.339 e. The second-order valence-electron chi connectivity index (χ2n) is 4.98. The van der Waals surface area contributed by atoms with Gasteiger partial charge in [0.1, 0.15) is 22.9 Å². The zero-order valence-corrected chi connectivity index (χ0v) is 12.2. The normalized spacial score (nSPS) is 12.0. The fourth-order valence-electron chi connectivity index (χ4n) is 2.10. The highest BCUT2D eigenvalue weighted by molar-refractivity contribution is 5.89. The van der Waals surface area contributed by atoms with E-state index in [0.29, 0.717) is 11.3 Å². The molecule has 0 radical (unpaired) electrons. The van der Waals surface area contributed by atoms with Gasteiger partial charge in [-0.2, -0.15) is 0 Å². The number of aryl methyl sites for hydroxylation is 1. The van der Waals surface area contributed by atoms with Gasteiger partial charge in [0, 0.05) is 0 Å². The fraction of sp³-hybridized carbons (Fsp3) is 0.250. The van der Waals surface area contributed by atoms with Crippen LogP contribution in [0.5, 0.6) is 0 Å². The van der Waals surface area contributed by atoms with Gasteiger partial charge in [0.2, 0.25) is 5.91 Å². The first-order valence-corrected chi connectivity index (χ1v) is 6.74. The number of rotatable bonds is 5. The molecule has 1 heterocycles. The molecule has 0 aliphatic carbocycles. The van der Waals surface area contributed by atoms with Crippen LogP contribution < -0.4 is 5.32 Å². The van der Waals surface area contributed by atoms with E-state index in [4.69, 9.17) is 9.52 Å². The van der Waals surface area contributed by atoms with Crippen LogP contribution in [0.1, 0.15) is 40.3 Å². The molecule has 1 atom stereocenters. The minimum atomic E-state index is -1.08. The number of furan rings is 1. The lowest BCUT2D eigenvalue weighted by Gasteiger charge is -2.11. The van der Waals surface area contributed by atoms with Crippen LogP contribution in [0, 0.1) is 12.7 Å². The van der Waals surface area contributed by atoms with Crippen molar-refractivity contribution in [3.05, 3.63) is 58.8 Å². The van der Waals surface area contributed by atoms with Crippen LogP contribution in [0.4, 0.5) is 4.39 Å². The lowest BCUT2D eigenvalue weighted by molar-refractivity contribution is -0.122. The van der Waals surface area contributed by atoms with E-state index in [1.54, 1.807) is 26.0 Å². The standard InChI is InChI=1S/C16H16FNO4/c1-9(11-4-3-5-12(17)6-11)15(19)18-8-13-7-14(16(20)21)10(2)22-13/h3-7,9H,8H2,1-2H3,(H,18,19)(H,20,21). The van der Waals surface area contributed by atoms with Gasteiger partial charge in [0.05, 0.1) is 12.5 Å². The molecule has 0 saturated heterocycles. The van der Waals surface area contributed by atoms with Gasteiger partial charge >= 0.3 is 5.97 Å². The van der Waals surface area contributed by atoms with Crippen molar-refractivity contribution >= 4 is 11.9 Å². The summed E-state index contributed by atoms with van der Waals surface area (Å²) in [5, 5.41) is 11.6. The molecule has 0 fully saturated rings. The van der Waals surface area contributed by atoms with Crippen molar-refractivity contribution in [3.63, 3.8) is 0 Å². The Bertz CT molecular complexity index is 708. The Kier molecular flexibility index (Phi) is 4.60. The topological polar surface area (TPSA) is 79.5 Å². The molecule has 1 unspecified atom stereocenters. The van der Waals surface area contributed by atoms with E-state index in [0.717, 1.165) is 0 Å². The molecule has 116 valence electrons. The van der Waals surface area contributed by atoms with E-state index in [9.17, 15) is 14.0 Å². The molecule has 0 aliphatic heterocycles. The van der Waals surface area contributed by atoms with Crippen molar-refractivity contribution in [2.24, 2.45) is 0 Å². The quantitative estimate of drug-likeness (QED) is 0.890. The average molecular weight is 305 g/mol. The highest BCUT2D eigenvalue weighted by atomic mass is 19.1. The third-order valence-corrected chi connectivity index (χ3v) is 3.38. The molecule has 2 N–H and O–H groups in total. The van der Waals surface area contributed by atoms with Crippen LogP contribution in [0.3, 0.4) is 0 Å². The van der Waals surface area contributed by atoms with Crippen LogP contribution >= 0.6 is 0 Å². The minimum Gasteiger partial charge on any atom is -0.478 e. The Morgan fingerprint density at radius 3 is 2.68 bits per heavy atom. The van der Waals surface area contributed by atoms with Gasteiger partial charge in [0.25, 0.3) is 0 Å². The average Bonchev–Trinajstić information content (AvgIpc) is 2.85. The molecule has 6 heteroatoms. The van der Waals surface area contributed by atoms with Crippen LogP contribution in [0.25, 0.3) is 0 Å². The summed E-state index contributed by atoms with van der Waals surface area (Å²) in [5.41, 5.74) is 0.641. The maximum absolute atomic E-state index is 13.2. The van der Waals surface area contributed by atoms with Crippen molar-refractivity contribution in [2.45, 2.75) is 26.3 Å². The number of halogens is 1. The molecule has 0 saturated carbocycles. The van der Waals surface area contributed by atoms with Crippen molar-refractivity contribution in [1.29, 1.82) is 0 Å². The van der Waals surface area contributed by atoms with Gasteiger partial charge in [-0.1, -0.05) is 12.1 Å². The maximum atomic E-state index is 13.2. The minimum absolute atomic E-state index is 0.0717. The molecule has 2 rings (SSSR count). The number of nitrogens with one attached hydrogen (secondary N) is 1. The third kappa shape index (κ3) is 3.52. The summed E-state index contributed by atoms with van der Waals surface area (Å²) in [7, 11) is 0. The zero-order chi connectivity index (χ0) is 16.3. The van der Waals surface area contributed by atoms with Gasteiger partial charge in [-0.05, 0) is 37.6 Å². The zero-order valence-electron chi connectivity index (χ0n) is 12.2. The largest absolute Gasteiger partial charge is 0.478 e. The number of amides is 1. The first-order valence-electron chi connectivity index (χ1n) is 6.74. The molecule has 0 spiro atoms. The van der Waals surface area contributed by atoms with E-state index in [1.807, 2.05) is 0 Å². The molecule has 1 aromatic carbocycles. The summed E-state index contributed by atoms with van der Waals surface area (Å²) < 4.78 is 18.4. The number of hydrogen-bond donors (Lipinski definition) is 2. The fourth-order valence-corrected chi connectivity index (χ4v) is 2.10. The predicted molar refractivity (Wildman–Crippen MR) is 77.1 cm³/mol. The molecule has 5 nitrogen and oxygen atoms in total. The smallest absolute Gasteiger partial charge is 0.339 e. The van der Waals surface area contributed by atoms with Crippen LogP contribution in [-0.4, -0.2) is 17.0 Å². The number of carbonyl (C=O) groups is 2. The Morgan fingerprint density at radius 1 is 1.36 bits per heavy atom. The van der Waals surface area contributed by atoms with Gasteiger partial charge in [0.15, 0.2) is 0 Å². The van der Waals surface area contributed by atoms with Gasteiger partial charge in [-0.25, -0.2) is 9.18 Å². The Morgan fingerprint density at radius 2 is 2.09 bits per heavy atom. The van der Waals surface area contributed by atoms with E-state index >= 15 is 0 Å². The number of aromatic carboxylic acids is 1. The monoisotopic (exact) mass is 305 g/mol. The first-order chi connectivity index (χ1) is 10.4. The number of hydrogen-bond acceptors (Lipinski definition) is 3. The predicted octanol–water partition coefficient (Wildman–Crippen LogP) is 2.85. The summed E-state index contributed by atoms with van der Waals surface area (Å²) >= 11 is 0. The van der Waals surface area contributed by atoms with Gasteiger partial charge in [-0.3, -0.25) is 4.79 Å². The lowest BCUT2D eigenvalue weighted by Crippen LogP contribution is -2.27. The second kappa shape index (κ2) is 6.43. The highest BCUT2D eigenvalue weighted by Gasteiger charge is 2.17. The summed E-state index contributed by atoms with van der Waals surface area (Å²) in [6, 6.07) is 7.22. The number of carboxylic acids is 1. The summed E-state index contributed by atoms with van der Waals surface area (Å²) in [6.07, 6.45) is 0. The Labute approximate surface area is 126 Å². The molecule has 1 aromatic heterocycles. The number of carbonyl (C=O) groups excluding carboxylic acids is 1. The summed E-state index contributed by atoms with van der Waals surface area (Å²) in [4.78, 5) is 23.0. The van der Waals surface area contributed by atoms with Gasteiger partial charge in [-0.15, -0.1) is 0 Å². The van der Waals surface area contributed by atoms with E-state index < -0.39 is 17.7 Å².